The van der Waals surface area contributed by atoms with Gasteiger partial charge in [-0.05, 0) is 31.5 Å². The first-order valence-electron chi connectivity index (χ1n) is 6.98. The number of halogens is 1. The summed E-state index contributed by atoms with van der Waals surface area (Å²) in [6.07, 6.45) is 0.270. The van der Waals surface area contributed by atoms with Crippen LogP contribution in [0.15, 0.2) is 18.2 Å². The Morgan fingerprint density at radius 3 is 3.00 bits per heavy atom. The monoisotopic (exact) mass is 290 g/mol. The van der Waals surface area contributed by atoms with Crippen LogP contribution in [0.3, 0.4) is 0 Å². The predicted octanol–water partition coefficient (Wildman–Crippen LogP) is 0.979. The molecule has 2 rings (SSSR count). The van der Waals surface area contributed by atoms with Crippen LogP contribution in [0.25, 0.3) is 0 Å². The van der Waals surface area contributed by atoms with Crippen molar-refractivity contribution < 1.29 is 14.3 Å². The van der Waals surface area contributed by atoms with Crippen molar-refractivity contribution in [3.8, 4) is 11.8 Å². The highest BCUT2D eigenvalue weighted by Crippen LogP contribution is 2.22. The molecular weight excluding hydrogens is 271 g/mol. The Bertz CT molecular complexity index is 590. The maximum Gasteiger partial charge on any atom is 0.256 e. The van der Waals surface area contributed by atoms with E-state index in [2.05, 4.69) is 11.8 Å². The Labute approximate surface area is 123 Å². The minimum absolute atomic E-state index is 0.0186. The van der Waals surface area contributed by atoms with Crippen molar-refractivity contribution in [2.24, 2.45) is 11.7 Å². The van der Waals surface area contributed by atoms with Gasteiger partial charge in [-0.2, -0.15) is 0 Å². The Morgan fingerprint density at radius 1 is 1.62 bits per heavy atom. The number of hydrogen-bond donors (Lipinski definition) is 2. The second kappa shape index (κ2) is 6.70. The van der Waals surface area contributed by atoms with Gasteiger partial charge in [0.1, 0.15) is 5.82 Å². The Morgan fingerprint density at radius 2 is 2.38 bits per heavy atom. The van der Waals surface area contributed by atoms with Crippen LogP contribution >= 0.6 is 0 Å². The molecule has 0 radical (unpaired) electrons. The standard InChI is InChI=1S/C16H19FN2O2/c1-11(20)13-6-8-19(10-13)16(21)14-9-12(3-2-7-18)4-5-15(14)17/h4-5,9,11,13,20H,6-8,10,18H2,1H3. The van der Waals surface area contributed by atoms with E-state index in [0.29, 0.717) is 18.7 Å². The van der Waals surface area contributed by atoms with Gasteiger partial charge >= 0.3 is 0 Å². The van der Waals surface area contributed by atoms with Gasteiger partial charge in [-0.3, -0.25) is 4.79 Å². The summed E-state index contributed by atoms with van der Waals surface area (Å²) in [5.74, 6) is 4.61. The average Bonchev–Trinajstić information content (AvgIpc) is 2.95. The molecule has 112 valence electrons. The number of rotatable bonds is 2. The van der Waals surface area contributed by atoms with Crippen molar-refractivity contribution in [3.05, 3.63) is 35.1 Å². The minimum atomic E-state index is -0.557. The molecule has 21 heavy (non-hydrogen) atoms. The zero-order chi connectivity index (χ0) is 15.4. The van der Waals surface area contributed by atoms with E-state index in [1.165, 1.54) is 18.2 Å². The van der Waals surface area contributed by atoms with Gasteiger partial charge < -0.3 is 15.7 Å². The van der Waals surface area contributed by atoms with Gasteiger partial charge in [0.25, 0.3) is 5.91 Å². The molecule has 0 spiro atoms. The largest absolute Gasteiger partial charge is 0.393 e. The lowest BCUT2D eigenvalue weighted by Crippen LogP contribution is -2.31. The zero-order valence-electron chi connectivity index (χ0n) is 12.0. The van der Waals surface area contributed by atoms with E-state index in [1.54, 1.807) is 11.8 Å². The van der Waals surface area contributed by atoms with Crippen molar-refractivity contribution in [2.75, 3.05) is 19.6 Å². The second-order valence-electron chi connectivity index (χ2n) is 5.24. The van der Waals surface area contributed by atoms with Gasteiger partial charge in [-0.15, -0.1) is 0 Å². The van der Waals surface area contributed by atoms with Gasteiger partial charge in [0.15, 0.2) is 0 Å². The maximum atomic E-state index is 13.9. The molecule has 0 saturated carbocycles. The van der Waals surface area contributed by atoms with Crippen LogP contribution in [0.5, 0.6) is 0 Å². The molecule has 1 aliphatic heterocycles. The number of carbonyl (C=O) groups excluding carboxylic acids is 1. The van der Waals surface area contributed by atoms with E-state index in [0.717, 1.165) is 6.42 Å². The summed E-state index contributed by atoms with van der Waals surface area (Å²) in [5, 5.41) is 9.58. The third-order valence-corrected chi connectivity index (χ3v) is 3.73. The molecule has 1 fully saturated rings. The summed E-state index contributed by atoms with van der Waals surface area (Å²) < 4.78 is 13.9. The number of aliphatic hydroxyl groups excluding tert-OH is 1. The smallest absolute Gasteiger partial charge is 0.256 e. The van der Waals surface area contributed by atoms with E-state index >= 15 is 0 Å². The quantitative estimate of drug-likeness (QED) is 0.798. The van der Waals surface area contributed by atoms with E-state index in [4.69, 9.17) is 5.73 Å². The number of aliphatic hydroxyl groups is 1. The normalized spacial score (nSPS) is 19.0. The van der Waals surface area contributed by atoms with E-state index < -0.39 is 11.9 Å². The predicted molar refractivity (Wildman–Crippen MR) is 78.0 cm³/mol. The fraction of sp³-hybridized carbons (Fsp3) is 0.438. The molecule has 1 amide bonds. The fourth-order valence-corrected chi connectivity index (χ4v) is 2.46. The lowest BCUT2D eigenvalue weighted by molar-refractivity contribution is 0.0758. The highest BCUT2D eigenvalue weighted by molar-refractivity contribution is 5.95. The van der Waals surface area contributed by atoms with E-state index in [-0.39, 0.29) is 23.9 Å². The molecule has 2 unspecified atom stereocenters. The Balaban J connectivity index is 2.19. The average molecular weight is 290 g/mol. The number of nitrogens with two attached hydrogens (primary N) is 1. The van der Waals surface area contributed by atoms with Crippen LogP contribution in [0, 0.1) is 23.6 Å². The van der Waals surface area contributed by atoms with E-state index in [9.17, 15) is 14.3 Å². The summed E-state index contributed by atoms with van der Waals surface area (Å²) in [7, 11) is 0. The van der Waals surface area contributed by atoms with Gasteiger partial charge in [0, 0.05) is 24.6 Å². The number of benzene rings is 1. The molecule has 0 bridgehead atoms. The number of amides is 1. The fourth-order valence-electron chi connectivity index (χ4n) is 2.46. The van der Waals surface area contributed by atoms with Crippen molar-refractivity contribution in [3.63, 3.8) is 0 Å². The molecule has 0 aliphatic carbocycles. The van der Waals surface area contributed by atoms with Crippen LogP contribution in [0.1, 0.15) is 29.3 Å². The van der Waals surface area contributed by atoms with Gasteiger partial charge in [0.05, 0.1) is 18.2 Å². The third-order valence-electron chi connectivity index (χ3n) is 3.73. The second-order valence-corrected chi connectivity index (χ2v) is 5.24. The minimum Gasteiger partial charge on any atom is -0.393 e. The van der Waals surface area contributed by atoms with E-state index in [1.807, 2.05) is 0 Å². The molecule has 1 aromatic rings. The number of nitrogens with zero attached hydrogens (tertiary/aromatic N) is 1. The van der Waals surface area contributed by atoms with Gasteiger partial charge in [0.2, 0.25) is 0 Å². The van der Waals surface area contributed by atoms with Crippen molar-refractivity contribution in [1.82, 2.24) is 4.90 Å². The first-order valence-corrected chi connectivity index (χ1v) is 6.98. The van der Waals surface area contributed by atoms with Crippen LogP contribution in [0.4, 0.5) is 4.39 Å². The lowest BCUT2D eigenvalue weighted by atomic mass is 10.0. The Kier molecular flexibility index (Phi) is 4.94. The third kappa shape index (κ3) is 3.60. The summed E-state index contributed by atoms with van der Waals surface area (Å²) >= 11 is 0. The lowest BCUT2D eigenvalue weighted by Gasteiger charge is -2.18. The summed E-state index contributed by atoms with van der Waals surface area (Å²) in [6.45, 7) is 2.91. The maximum absolute atomic E-state index is 13.9. The molecule has 3 N–H and O–H groups in total. The van der Waals surface area contributed by atoms with Gasteiger partial charge in [-0.1, -0.05) is 11.8 Å². The topological polar surface area (TPSA) is 66.6 Å². The molecule has 5 heteroatoms. The van der Waals surface area contributed by atoms with Gasteiger partial charge in [-0.25, -0.2) is 4.39 Å². The van der Waals surface area contributed by atoms with Crippen LogP contribution in [-0.4, -0.2) is 41.7 Å². The summed E-state index contributed by atoms with van der Waals surface area (Å²) in [6, 6.07) is 4.23. The highest BCUT2D eigenvalue weighted by Gasteiger charge is 2.30. The van der Waals surface area contributed by atoms with Crippen molar-refractivity contribution in [1.29, 1.82) is 0 Å². The van der Waals surface area contributed by atoms with Crippen molar-refractivity contribution in [2.45, 2.75) is 19.4 Å². The van der Waals surface area contributed by atoms with Crippen molar-refractivity contribution >= 4 is 5.91 Å². The molecule has 0 aromatic heterocycles. The molecular formula is C16H19FN2O2. The van der Waals surface area contributed by atoms with Crippen LogP contribution in [-0.2, 0) is 0 Å². The summed E-state index contributed by atoms with van der Waals surface area (Å²) in [5.41, 5.74) is 5.89. The highest BCUT2D eigenvalue weighted by atomic mass is 19.1. The number of hydrogen-bond acceptors (Lipinski definition) is 3. The molecule has 1 aromatic carbocycles. The molecule has 2 atom stereocenters. The first-order chi connectivity index (χ1) is 10.0. The zero-order valence-corrected chi connectivity index (χ0v) is 12.0. The first kappa shape index (κ1) is 15.5. The van der Waals surface area contributed by atoms with Crippen LogP contribution in [0.2, 0.25) is 0 Å². The molecule has 4 nitrogen and oxygen atoms in total. The van der Waals surface area contributed by atoms with Crippen LogP contribution < -0.4 is 5.73 Å². The number of carbonyl (C=O) groups is 1. The molecule has 1 aliphatic rings. The molecule has 1 saturated heterocycles. The Hall–Kier alpha value is -1.90. The number of likely N-dealkylation sites (tertiary alicyclic amines) is 1. The SMILES string of the molecule is CC(O)C1CCN(C(=O)c2cc(C#CCN)ccc2F)C1. The summed E-state index contributed by atoms with van der Waals surface area (Å²) in [4.78, 5) is 14.0. The molecule has 1 heterocycles.